The minimum Gasteiger partial charge on any atom is -0.354 e. The molecular formula is C47H59N7O6. The summed E-state index contributed by atoms with van der Waals surface area (Å²) < 4.78 is 0. The fraction of sp³-hybridized carbons (Fsp3) is 0.404. The molecule has 0 radical (unpaired) electrons. The number of likely N-dealkylation sites (tertiary alicyclic amines) is 1. The van der Waals surface area contributed by atoms with Crippen LogP contribution in [0.4, 0.5) is 0 Å². The third kappa shape index (κ3) is 12.7. The highest BCUT2D eigenvalue weighted by Crippen LogP contribution is 2.27. The van der Waals surface area contributed by atoms with Crippen molar-refractivity contribution >= 4 is 46.2 Å². The van der Waals surface area contributed by atoms with Crippen LogP contribution in [0.2, 0.25) is 0 Å². The highest BCUT2D eigenvalue weighted by molar-refractivity contribution is 6.03. The molecule has 1 heterocycles. The molecule has 5 rings (SSSR count). The van der Waals surface area contributed by atoms with Crippen molar-refractivity contribution < 1.29 is 28.8 Å². The second-order valence-corrected chi connectivity index (χ2v) is 16.4. The van der Waals surface area contributed by atoms with Crippen LogP contribution in [-0.2, 0) is 32.0 Å². The summed E-state index contributed by atoms with van der Waals surface area (Å²) in [5, 5.41) is 15.6. The maximum Gasteiger partial charge on any atom is 0.251 e. The number of nitrogens with zero attached hydrogens (tertiary/aromatic N) is 2. The van der Waals surface area contributed by atoms with Gasteiger partial charge in [0.1, 0.15) is 6.04 Å². The monoisotopic (exact) mass is 817 g/mol. The van der Waals surface area contributed by atoms with Gasteiger partial charge in [-0.05, 0) is 91.2 Å². The van der Waals surface area contributed by atoms with Crippen LogP contribution in [0.1, 0.15) is 72.4 Å². The number of fused-ring (bicyclic) bond motifs is 1. The number of carbonyl (C=O) groups excluding carboxylic acids is 6. The molecule has 6 amide bonds. The molecule has 0 saturated carbocycles. The molecule has 5 N–H and O–H groups in total. The Morgan fingerprint density at radius 3 is 1.88 bits per heavy atom. The molecule has 0 unspecified atom stereocenters. The Kier molecular flexibility index (Phi) is 15.9. The van der Waals surface area contributed by atoms with Crippen LogP contribution in [0, 0.1) is 5.41 Å². The van der Waals surface area contributed by atoms with Crippen molar-refractivity contribution in [1.29, 1.82) is 0 Å². The fourth-order valence-corrected chi connectivity index (χ4v) is 7.22. The molecule has 1 aliphatic heterocycles. The lowest BCUT2D eigenvalue weighted by molar-refractivity contribution is -0.142. The van der Waals surface area contributed by atoms with E-state index in [-0.39, 0.29) is 49.3 Å². The van der Waals surface area contributed by atoms with E-state index in [1.807, 2.05) is 81.4 Å². The molecule has 1 saturated heterocycles. The standard InChI is InChI=1S/C47H59N7O6/c1-32(48-5)43(57)52-42(47(2,3)4)46(60)54-25-12-17-39(54)31-53(26-23-34-15-10-7-11-16-34)41(56)30-51-45(59)38-21-19-35-27-37(20-18-36(35)28-38)44(58)50-29-40(55)49-24-22-33-13-8-6-9-14-33/h6-11,13-16,18-21,27-28,32,39,42,48H,12,17,22-26,29-31H2,1-5H3,(H,49,55)(H,50,58)(H,51,59)(H,52,57)/t32-,39-,42+/m0/s1. The molecule has 0 bridgehead atoms. The number of benzene rings is 4. The quantitative estimate of drug-likeness (QED) is 0.102. The summed E-state index contributed by atoms with van der Waals surface area (Å²) in [7, 11) is 1.69. The van der Waals surface area contributed by atoms with Crippen molar-refractivity contribution in [1.82, 2.24) is 36.4 Å². The largest absolute Gasteiger partial charge is 0.354 e. The zero-order chi connectivity index (χ0) is 43.2. The van der Waals surface area contributed by atoms with Gasteiger partial charge in [-0.2, -0.15) is 0 Å². The van der Waals surface area contributed by atoms with Gasteiger partial charge in [-0.1, -0.05) is 93.6 Å². The van der Waals surface area contributed by atoms with E-state index in [4.69, 9.17) is 0 Å². The molecule has 4 aromatic rings. The lowest BCUT2D eigenvalue weighted by Gasteiger charge is -2.37. The Hall–Kier alpha value is -6.08. The average Bonchev–Trinajstić information content (AvgIpc) is 3.72. The van der Waals surface area contributed by atoms with Crippen molar-refractivity contribution in [2.24, 2.45) is 5.41 Å². The summed E-state index contributed by atoms with van der Waals surface area (Å²) in [6.45, 7) is 8.78. The van der Waals surface area contributed by atoms with Crippen LogP contribution < -0.4 is 26.6 Å². The summed E-state index contributed by atoms with van der Waals surface area (Å²) in [6.07, 6.45) is 2.76. The van der Waals surface area contributed by atoms with Crippen molar-refractivity contribution in [2.45, 2.75) is 71.5 Å². The maximum absolute atomic E-state index is 14.1. The summed E-state index contributed by atoms with van der Waals surface area (Å²) in [4.78, 5) is 83.0. The van der Waals surface area contributed by atoms with E-state index in [0.29, 0.717) is 50.0 Å². The first kappa shape index (κ1) is 45.0. The Morgan fingerprint density at radius 1 is 0.750 bits per heavy atom. The molecule has 0 aromatic heterocycles. The van der Waals surface area contributed by atoms with Gasteiger partial charge in [0, 0.05) is 43.3 Å². The lowest BCUT2D eigenvalue weighted by atomic mass is 9.85. The van der Waals surface area contributed by atoms with Gasteiger partial charge in [0.05, 0.1) is 19.1 Å². The molecular weight excluding hydrogens is 759 g/mol. The SMILES string of the molecule is CN[C@@H](C)C(=O)N[C@H](C(=O)N1CCC[C@H]1CN(CCc1ccccc1)C(=O)CNC(=O)c1ccc2cc(C(=O)NCC(=O)NCCc3ccccc3)ccc2c1)C(C)(C)C. The Morgan fingerprint density at radius 2 is 1.32 bits per heavy atom. The molecule has 13 heteroatoms. The van der Waals surface area contributed by atoms with Gasteiger partial charge < -0.3 is 36.4 Å². The Labute approximate surface area is 353 Å². The molecule has 60 heavy (non-hydrogen) atoms. The van der Waals surface area contributed by atoms with Crippen LogP contribution >= 0.6 is 0 Å². The molecule has 3 atom stereocenters. The molecule has 0 aliphatic carbocycles. The summed E-state index contributed by atoms with van der Waals surface area (Å²) >= 11 is 0. The van der Waals surface area contributed by atoms with Crippen molar-refractivity contribution in [3.05, 3.63) is 119 Å². The zero-order valence-corrected chi connectivity index (χ0v) is 35.4. The second kappa shape index (κ2) is 21.3. The first-order valence-corrected chi connectivity index (χ1v) is 20.7. The van der Waals surface area contributed by atoms with Gasteiger partial charge in [0.25, 0.3) is 11.8 Å². The smallest absolute Gasteiger partial charge is 0.251 e. The number of likely N-dealkylation sites (N-methyl/N-ethyl adjacent to an activating group) is 1. The van der Waals surface area contributed by atoms with Crippen LogP contribution in [0.15, 0.2) is 97.1 Å². The van der Waals surface area contributed by atoms with Crippen LogP contribution in [-0.4, -0.2) is 110 Å². The third-order valence-electron chi connectivity index (χ3n) is 10.9. The highest BCUT2D eigenvalue weighted by Gasteiger charge is 2.40. The summed E-state index contributed by atoms with van der Waals surface area (Å²) in [6, 6.07) is 28.3. The topological polar surface area (TPSA) is 169 Å². The van der Waals surface area contributed by atoms with Gasteiger partial charge >= 0.3 is 0 Å². The fourth-order valence-electron chi connectivity index (χ4n) is 7.22. The molecule has 13 nitrogen and oxygen atoms in total. The Bertz CT molecular complexity index is 2120. The van der Waals surface area contributed by atoms with Gasteiger partial charge in [-0.3, -0.25) is 28.8 Å². The average molecular weight is 818 g/mol. The number of nitrogens with one attached hydrogen (secondary N) is 5. The lowest BCUT2D eigenvalue weighted by Crippen LogP contribution is -2.59. The van der Waals surface area contributed by atoms with E-state index in [1.54, 1.807) is 60.2 Å². The second-order valence-electron chi connectivity index (χ2n) is 16.4. The molecule has 1 aliphatic rings. The predicted molar refractivity (Wildman–Crippen MR) is 233 cm³/mol. The highest BCUT2D eigenvalue weighted by atomic mass is 16.2. The van der Waals surface area contributed by atoms with Gasteiger partial charge in [0.2, 0.25) is 23.6 Å². The van der Waals surface area contributed by atoms with E-state index in [9.17, 15) is 28.8 Å². The van der Waals surface area contributed by atoms with E-state index in [0.717, 1.165) is 28.3 Å². The zero-order valence-electron chi connectivity index (χ0n) is 35.4. The normalized spacial score (nSPS) is 14.8. The van der Waals surface area contributed by atoms with E-state index in [1.165, 1.54) is 0 Å². The maximum atomic E-state index is 14.1. The van der Waals surface area contributed by atoms with Gasteiger partial charge in [-0.25, -0.2) is 0 Å². The molecule has 0 spiro atoms. The number of amides is 6. The van der Waals surface area contributed by atoms with Crippen molar-refractivity contribution in [3.8, 4) is 0 Å². The third-order valence-corrected chi connectivity index (χ3v) is 10.9. The molecule has 4 aromatic carbocycles. The van der Waals surface area contributed by atoms with Gasteiger partial charge in [0.15, 0.2) is 0 Å². The van der Waals surface area contributed by atoms with E-state index >= 15 is 0 Å². The minimum atomic E-state index is -0.756. The summed E-state index contributed by atoms with van der Waals surface area (Å²) in [5.41, 5.74) is 2.35. The first-order chi connectivity index (χ1) is 28.7. The van der Waals surface area contributed by atoms with E-state index in [2.05, 4.69) is 26.6 Å². The van der Waals surface area contributed by atoms with Crippen LogP contribution in [0.25, 0.3) is 10.8 Å². The van der Waals surface area contributed by atoms with Crippen molar-refractivity contribution in [3.63, 3.8) is 0 Å². The molecule has 1 fully saturated rings. The minimum absolute atomic E-state index is 0.155. The van der Waals surface area contributed by atoms with Gasteiger partial charge in [-0.15, -0.1) is 0 Å². The predicted octanol–water partition coefficient (Wildman–Crippen LogP) is 3.86. The number of hydrogen-bond donors (Lipinski definition) is 5. The van der Waals surface area contributed by atoms with E-state index < -0.39 is 29.3 Å². The first-order valence-electron chi connectivity index (χ1n) is 20.7. The van der Waals surface area contributed by atoms with Crippen molar-refractivity contribution in [2.75, 3.05) is 46.3 Å². The number of rotatable bonds is 18. The number of carbonyl (C=O) groups is 6. The van der Waals surface area contributed by atoms with Crippen LogP contribution in [0.5, 0.6) is 0 Å². The summed E-state index contributed by atoms with van der Waals surface area (Å²) in [5.74, 6) is -1.81. The molecule has 318 valence electrons. The Balaban J connectivity index is 1.19. The number of hydrogen-bond acceptors (Lipinski definition) is 7. The van der Waals surface area contributed by atoms with Crippen LogP contribution in [0.3, 0.4) is 0 Å².